The molecular formula is C30H41N3O7. The number of phenolic OH excluding ortho intramolecular Hbond substituents is 2. The maximum atomic E-state index is 12.9. The standard InChI is InChI=1S/C30H41N3O7/c1-7-14-32-26-22-16-18(2)15-21(38-5)12-8-10-19(3)28(40-30(31)37)25(39-6)13-9-11-20(4)29(36)33-23(27(22)35)17-24(26)34/h7,9-11,13-14,17-18,21,25,28,34-35H,1,8,12,15-16H2,2-6H3,(H2,31,37)(H,33,36)/b13-9?,19-10?,20-11+,32-14?. The lowest BCUT2D eigenvalue weighted by atomic mass is 9.91. The molecule has 0 radical (unpaired) electrons. The lowest BCUT2D eigenvalue weighted by Gasteiger charge is -2.24. The topological polar surface area (TPSA) is 153 Å². The van der Waals surface area contributed by atoms with Crippen LogP contribution in [-0.2, 0) is 25.4 Å². The average molecular weight is 556 g/mol. The van der Waals surface area contributed by atoms with Gasteiger partial charge in [-0.3, -0.25) is 9.79 Å². The number of methoxy groups -OCH3 is 2. The molecule has 4 atom stereocenters. The van der Waals surface area contributed by atoms with E-state index in [9.17, 15) is 19.8 Å². The number of aromatic hydroxyl groups is 2. The molecule has 2 amide bonds. The Balaban J connectivity index is 2.59. The van der Waals surface area contributed by atoms with Gasteiger partial charge in [-0.25, -0.2) is 4.79 Å². The monoisotopic (exact) mass is 555 g/mol. The fourth-order valence-electron chi connectivity index (χ4n) is 4.54. The van der Waals surface area contributed by atoms with Crippen molar-refractivity contribution in [1.29, 1.82) is 0 Å². The summed E-state index contributed by atoms with van der Waals surface area (Å²) in [4.78, 5) is 28.8. The molecule has 1 aliphatic rings. The number of nitrogens with two attached hydrogens (primary N) is 1. The number of carbonyl (C=O) groups excluding carboxylic acids is 2. The lowest BCUT2D eigenvalue weighted by Crippen LogP contribution is -2.34. The summed E-state index contributed by atoms with van der Waals surface area (Å²) in [6, 6.07) is 1.27. The van der Waals surface area contributed by atoms with Crippen LogP contribution >= 0.6 is 0 Å². The van der Waals surface area contributed by atoms with Crippen molar-refractivity contribution in [2.24, 2.45) is 16.6 Å². The predicted octanol–water partition coefficient (Wildman–Crippen LogP) is 5.23. The second kappa shape index (κ2) is 15.6. The summed E-state index contributed by atoms with van der Waals surface area (Å²) in [5.74, 6) is -0.837. The zero-order chi connectivity index (χ0) is 29.8. The number of hydrogen-bond donors (Lipinski definition) is 4. The zero-order valence-corrected chi connectivity index (χ0v) is 23.8. The maximum absolute atomic E-state index is 12.9. The molecule has 2 rings (SSSR count). The highest BCUT2D eigenvalue weighted by Gasteiger charge is 2.25. The number of nitrogens with one attached hydrogen (secondary N) is 1. The molecule has 4 unspecified atom stereocenters. The zero-order valence-electron chi connectivity index (χ0n) is 23.8. The van der Waals surface area contributed by atoms with Gasteiger partial charge in [-0.2, -0.15) is 0 Å². The summed E-state index contributed by atoms with van der Waals surface area (Å²) in [5.41, 5.74) is 7.08. The van der Waals surface area contributed by atoms with E-state index in [4.69, 9.17) is 19.9 Å². The first-order chi connectivity index (χ1) is 19.0. The highest BCUT2D eigenvalue weighted by molar-refractivity contribution is 6.04. The summed E-state index contributed by atoms with van der Waals surface area (Å²) in [7, 11) is 3.12. The Morgan fingerprint density at radius 2 is 1.98 bits per heavy atom. The number of aliphatic imine (C=N–C) groups is 1. The number of ether oxygens (including phenoxy) is 3. The van der Waals surface area contributed by atoms with E-state index in [2.05, 4.69) is 16.9 Å². The highest BCUT2D eigenvalue weighted by Crippen LogP contribution is 2.44. The first-order valence-corrected chi connectivity index (χ1v) is 13.1. The Labute approximate surface area is 235 Å². The number of rotatable bonds is 5. The van der Waals surface area contributed by atoms with Crippen LogP contribution in [0.5, 0.6) is 11.5 Å². The number of primary amides is 1. The van der Waals surface area contributed by atoms with Gasteiger partial charge in [0.05, 0.1) is 11.8 Å². The van der Waals surface area contributed by atoms with Gasteiger partial charge in [0.25, 0.3) is 5.91 Å². The van der Waals surface area contributed by atoms with Crippen molar-refractivity contribution in [3.63, 3.8) is 0 Å². The molecule has 1 aliphatic heterocycles. The summed E-state index contributed by atoms with van der Waals surface area (Å²) in [6.45, 7) is 9.07. The van der Waals surface area contributed by atoms with E-state index in [1.54, 1.807) is 32.3 Å². The summed E-state index contributed by atoms with van der Waals surface area (Å²) < 4.78 is 16.7. The van der Waals surface area contributed by atoms with Gasteiger partial charge in [0.1, 0.15) is 23.3 Å². The van der Waals surface area contributed by atoms with E-state index >= 15 is 0 Å². The van der Waals surface area contributed by atoms with Crippen LogP contribution in [0.1, 0.15) is 45.6 Å². The number of fused-ring (bicyclic) bond motifs is 2. The number of amides is 2. The first kappa shape index (κ1) is 32.3. The summed E-state index contributed by atoms with van der Waals surface area (Å²) in [5, 5.41) is 24.6. The molecule has 40 heavy (non-hydrogen) atoms. The van der Waals surface area contributed by atoms with Crippen LogP contribution in [0.4, 0.5) is 16.2 Å². The molecule has 1 aromatic carbocycles. The van der Waals surface area contributed by atoms with Gasteiger partial charge in [0.2, 0.25) is 0 Å². The second-order valence-corrected chi connectivity index (χ2v) is 9.81. The van der Waals surface area contributed by atoms with Gasteiger partial charge in [-0.1, -0.05) is 43.9 Å². The Hall–Kier alpha value is -3.89. The van der Waals surface area contributed by atoms with Gasteiger partial charge in [0, 0.05) is 37.6 Å². The Bertz CT molecular complexity index is 1190. The quantitative estimate of drug-likeness (QED) is 0.168. The average Bonchev–Trinajstić information content (AvgIpc) is 2.90. The summed E-state index contributed by atoms with van der Waals surface area (Å²) >= 11 is 0. The SMILES string of the molecule is C=CC=Nc1c(O)cc2c(O)c1CC(C)CC(OC)CCC=C(C)C(OC(N)=O)C(OC)C=C/C=C(\C)C(=O)N2. The molecule has 1 heterocycles. The van der Waals surface area contributed by atoms with Crippen LogP contribution in [0.3, 0.4) is 0 Å². The molecule has 5 N–H and O–H groups in total. The predicted molar refractivity (Wildman–Crippen MR) is 156 cm³/mol. The molecule has 0 aliphatic carbocycles. The number of benzene rings is 1. The molecule has 0 saturated carbocycles. The number of phenols is 2. The van der Waals surface area contributed by atoms with E-state index in [1.165, 1.54) is 25.5 Å². The molecule has 2 bridgehead atoms. The highest BCUT2D eigenvalue weighted by atomic mass is 16.6. The number of anilines is 1. The molecule has 10 nitrogen and oxygen atoms in total. The van der Waals surface area contributed by atoms with Gasteiger partial charge >= 0.3 is 6.09 Å². The number of carbonyl (C=O) groups is 2. The van der Waals surface area contributed by atoms with Gasteiger partial charge in [-0.15, -0.1) is 0 Å². The van der Waals surface area contributed by atoms with E-state index < -0.39 is 24.2 Å². The lowest BCUT2D eigenvalue weighted by molar-refractivity contribution is -0.112. The fraction of sp³-hybridized carbons (Fsp3) is 0.433. The van der Waals surface area contributed by atoms with Crippen molar-refractivity contribution in [2.45, 2.75) is 64.8 Å². The largest absolute Gasteiger partial charge is 0.506 e. The third-order valence-corrected chi connectivity index (χ3v) is 6.68. The van der Waals surface area contributed by atoms with Crippen molar-refractivity contribution in [3.8, 4) is 11.5 Å². The number of nitrogens with zero attached hydrogens (tertiary/aromatic N) is 1. The fourth-order valence-corrected chi connectivity index (χ4v) is 4.54. The molecule has 1 aromatic rings. The van der Waals surface area contributed by atoms with E-state index in [0.717, 1.165) is 5.57 Å². The van der Waals surface area contributed by atoms with E-state index in [0.29, 0.717) is 36.8 Å². The molecule has 0 spiro atoms. The van der Waals surface area contributed by atoms with Crippen molar-refractivity contribution >= 4 is 29.6 Å². The Morgan fingerprint density at radius 1 is 1.25 bits per heavy atom. The van der Waals surface area contributed by atoms with Crippen LogP contribution in [0, 0.1) is 5.92 Å². The minimum atomic E-state index is -0.928. The molecule has 10 heteroatoms. The molecular weight excluding hydrogens is 514 g/mol. The normalized spacial score (nSPS) is 24.6. The van der Waals surface area contributed by atoms with Crippen LogP contribution in [0.15, 0.2) is 59.2 Å². The number of allylic oxidation sites excluding steroid dienone is 4. The van der Waals surface area contributed by atoms with E-state index in [1.807, 2.05) is 19.9 Å². The van der Waals surface area contributed by atoms with Gasteiger partial charge in [-0.05, 0) is 51.0 Å². The Morgan fingerprint density at radius 3 is 2.60 bits per heavy atom. The summed E-state index contributed by atoms with van der Waals surface area (Å²) in [6.07, 6.45) is 9.56. The van der Waals surface area contributed by atoms with Crippen molar-refractivity contribution in [3.05, 3.63) is 59.7 Å². The molecule has 0 aromatic heterocycles. The molecule has 0 saturated heterocycles. The molecule has 0 fully saturated rings. The third-order valence-electron chi connectivity index (χ3n) is 6.68. The smallest absolute Gasteiger partial charge is 0.405 e. The van der Waals surface area contributed by atoms with Crippen LogP contribution in [0.2, 0.25) is 0 Å². The second-order valence-electron chi connectivity index (χ2n) is 9.81. The minimum absolute atomic E-state index is 0.0145. The van der Waals surface area contributed by atoms with E-state index in [-0.39, 0.29) is 34.9 Å². The first-order valence-electron chi connectivity index (χ1n) is 13.1. The minimum Gasteiger partial charge on any atom is -0.506 e. The van der Waals surface area contributed by atoms with Crippen LogP contribution in [0.25, 0.3) is 0 Å². The van der Waals surface area contributed by atoms with Crippen LogP contribution < -0.4 is 11.1 Å². The Kier molecular flexibility index (Phi) is 12.6. The third kappa shape index (κ3) is 9.10. The maximum Gasteiger partial charge on any atom is 0.405 e. The van der Waals surface area contributed by atoms with Crippen molar-refractivity contribution in [1.82, 2.24) is 0 Å². The van der Waals surface area contributed by atoms with Crippen LogP contribution in [-0.4, -0.2) is 61.0 Å². The molecule has 218 valence electrons. The van der Waals surface area contributed by atoms with Gasteiger partial charge < -0.3 is 35.5 Å². The van der Waals surface area contributed by atoms with Gasteiger partial charge in [0.15, 0.2) is 6.10 Å². The van der Waals surface area contributed by atoms with Crippen molar-refractivity contribution < 1.29 is 34.0 Å². The number of hydrogen-bond acceptors (Lipinski definition) is 8. The van der Waals surface area contributed by atoms with Crippen molar-refractivity contribution in [2.75, 3.05) is 19.5 Å².